The third kappa shape index (κ3) is 2.72. The molecular weight excluding hydrogens is 303 g/mol. The molecule has 1 fully saturated rings. The predicted octanol–water partition coefficient (Wildman–Crippen LogP) is 3.95. The largest absolute Gasteiger partial charge is 0.434 e. The molecule has 2 aromatic heterocycles. The highest BCUT2D eigenvalue weighted by atomic mass is 32.1. The molecule has 0 amide bonds. The smallest absolute Gasteiger partial charge is 0.298 e. The van der Waals surface area contributed by atoms with Crippen molar-refractivity contribution in [2.45, 2.75) is 37.9 Å². The Bertz CT molecular complexity index is 656. The van der Waals surface area contributed by atoms with E-state index in [1.165, 1.54) is 0 Å². The lowest BCUT2D eigenvalue weighted by Crippen LogP contribution is -2.05. The summed E-state index contributed by atoms with van der Waals surface area (Å²) in [5, 5.41) is 5.36. The maximum atomic E-state index is 12.6. The first-order chi connectivity index (χ1) is 9.99. The molecule has 2 heterocycles. The molecule has 0 unspecified atom stereocenters. The minimum absolute atomic E-state index is 0.126. The summed E-state index contributed by atoms with van der Waals surface area (Å²) in [5.41, 5.74) is -0.433. The van der Waals surface area contributed by atoms with Crippen molar-refractivity contribution in [1.29, 1.82) is 0 Å². The molecule has 0 atom stereocenters. The van der Waals surface area contributed by atoms with Crippen molar-refractivity contribution in [3.8, 4) is 10.7 Å². The van der Waals surface area contributed by atoms with E-state index in [2.05, 4.69) is 10.1 Å². The van der Waals surface area contributed by atoms with Crippen LogP contribution in [0, 0.1) is 0 Å². The molecule has 1 aliphatic carbocycles. The van der Waals surface area contributed by atoms with Gasteiger partial charge in [0.1, 0.15) is 10.7 Å². The molecule has 8 heteroatoms. The third-order valence-corrected chi connectivity index (χ3v) is 4.43. The zero-order valence-electron chi connectivity index (χ0n) is 10.9. The number of hydrogen-bond acceptors (Lipinski definition) is 4. The average molecular weight is 315 g/mol. The van der Waals surface area contributed by atoms with Crippen LogP contribution in [0.3, 0.4) is 0 Å². The van der Waals surface area contributed by atoms with E-state index in [0.717, 1.165) is 42.4 Å². The van der Waals surface area contributed by atoms with E-state index in [0.29, 0.717) is 6.29 Å². The Labute approximate surface area is 122 Å². The van der Waals surface area contributed by atoms with Crippen LogP contribution >= 0.6 is 11.3 Å². The first-order valence-corrected chi connectivity index (χ1v) is 7.44. The van der Waals surface area contributed by atoms with Crippen molar-refractivity contribution in [3.63, 3.8) is 0 Å². The molecule has 0 radical (unpaired) electrons. The topological polar surface area (TPSA) is 47.8 Å². The van der Waals surface area contributed by atoms with Crippen LogP contribution in [-0.4, -0.2) is 21.1 Å². The maximum Gasteiger partial charge on any atom is 0.434 e. The fourth-order valence-corrected chi connectivity index (χ4v) is 3.36. The van der Waals surface area contributed by atoms with E-state index >= 15 is 0 Å². The van der Waals surface area contributed by atoms with E-state index in [-0.39, 0.29) is 22.3 Å². The van der Waals surface area contributed by atoms with Crippen molar-refractivity contribution < 1.29 is 18.0 Å². The number of aldehydes is 1. The van der Waals surface area contributed by atoms with Gasteiger partial charge >= 0.3 is 6.18 Å². The predicted molar refractivity (Wildman–Crippen MR) is 71.2 cm³/mol. The fourth-order valence-electron chi connectivity index (χ4n) is 2.53. The summed E-state index contributed by atoms with van der Waals surface area (Å²) >= 11 is 0.849. The maximum absolute atomic E-state index is 12.6. The van der Waals surface area contributed by atoms with Crippen LogP contribution in [0.5, 0.6) is 0 Å². The van der Waals surface area contributed by atoms with Crippen molar-refractivity contribution in [2.75, 3.05) is 0 Å². The minimum atomic E-state index is -4.48. The third-order valence-electron chi connectivity index (χ3n) is 3.58. The molecule has 4 nitrogen and oxygen atoms in total. The number of hydrogen-bond donors (Lipinski definition) is 0. The highest BCUT2D eigenvalue weighted by molar-refractivity contribution is 7.13. The molecule has 0 N–H and O–H groups in total. The van der Waals surface area contributed by atoms with Gasteiger partial charge in [0.05, 0.1) is 11.6 Å². The van der Waals surface area contributed by atoms with Gasteiger partial charge in [-0.2, -0.15) is 18.3 Å². The Balaban J connectivity index is 1.97. The molecule has 0 bridgehead atoms. The van der Waals surface area contributed by atoms with E-state index in [4.69, 9.17) is 0 Å². The van der Waals surface area contributed by atoms with Gasteiger partial charge in [0.15, 0.2) is 12.0 Å². The zero-order chi connectivity index (χ0) is 15.0. The van der Waals surface area contributed by atoms with Crippen molar-refractivity contribution >= 4 is 17.6 Å². The van der Waals surface area contributed by atoms with Gasteiger partial charge in [-0.1, -0.05) is 12.8 Å². The second kappa shape index (κ2) is 5.25. The molecule has 0 saturated heterocycles. The summed E-state index contributed by atoms with van der Waals surface area (Å²) in [6.45, 7) is 0. The van der Waals surface area contributed by atoms with Crippen molar-refractivity contribution in [2.24, 2.45) is 0 Å². The number of nitrogens with zero attached hydrogens (tertiary/aromatic N) is 3. The summed E-state index contributed by atoms with van der Waals surface area (Å²) in [7, 11) is 0. The zero-order valence-corrected chi connectivity index (χ0v) is 11.7. The Morgan fingerprint density at radius 1 is 1.33 bits per heavy atom. The Morgan fingerprint density at radius 2 is 2.05 bits per heavy atom. The van der Waals surface area contributed by atoms with Crippen molar-refractivity contribution in [3.05, 3.63) is 22.8 Å². The first kappa shape index (κ1) is 14.2. The summed E-state index contributed by atoms with van der Waals surface area (Å²) in [6, 6.07) is 0.222. The Morgan fingerprint density at radius 3 is 2.62 bits per heavy atom. The standard InChI is InChI=1S/C13H12F3N3OS/c14-13(15,16)10-7-21-12(17-10)11-8(6-20)5-19(18-11)9-3-1-2-4-9/h5-7,9H,1-4H2. The fraction of sp³-hybridized carbons (Fsp3) is 0.462. The van der Waals surface area contributed by atoms with E-state index < -0.39 is 11.9 Å². The summed E-state index contributed by atoms with van der Waals surface area (Å²) in [6.07, 6.45) is 1.90. The Hall–Kier alpha value is -1.70. The van der Waals surface area contributed by atoms with E-state index in [9.17, 15) is 18.0 Å². The monoisotopic (exact) mass is 315 g/mol. The molecule has 1 aliphatic rings. The molecule has 3 rings (SSSR count). The highest BCUT2D eigenvalue weighted by Gasteiger charge is 2.34. The van der Waals surface area contributed by atoms with Crippen LogP contribution in [0.1, 0.15) is 47.8 Å². The van der Waals surface area contributed by atoms with Gasteiger partial charge in [0.25, 0.3) is 0 Å². The number of aromatic nitrogens is 3. The van der Waals surface area contributed by atoms with Crippen LogP contribution in [0.25, 0.3) is 10.7 Å². The van der Waals surface area contributed by atoms with Crippen LogP contribution in [0.4, 0.5) is 13.2 Å². The number of halogens is 3. The lowest BCUT2D eigenvalue weighted by Gasteiger charge is -2.08. The molecule has 21 heavy (non-hydrogen) atoms. The van der Waals surface area contributed by atoms with E-state index in [1.54, 1.807) is 10.9 Å². The molecule has 112 valence electrons. The normalized spacial score (nSPS) is 16.5. The quantitative estimate of drug-likeness (QED) is 0.806. The SMILES string of the molecule is O=Cc1cn(C2CCCC2)nc1-c1nc(C(F)(F)F)cs1. The molecule has 1 saturated carbocycles. The van der Waals surface area contributed by atoms with Crippen LogP contribution in [0.2, 0.25) is 0 Å². The molecule has 0 aromatic carbocycles. The molecule has 2 aromatic rings. The number of alkyl halides is 3. The second-order valence-corrected chi connectivity index (χ2v) is 5.86. The van der Waals surface area contributed by atoms with Gasteiger partial charge < -0.3 is 0 Å². The van der Waals surface area contributed by atoms with Gasteiger partial charge in [-0.3, -0.25) is 9.48 Å². The Kier molecular flexibility index (Phi) is 3.56. The summed E-state index contributed by atoms with van der Waals surface area (Å²) in [5.74, 6) is 0. The summed E-state index contributed by atoms with van der Waals surface area (Å²) in [4.78, 5) is 14.7. The van der Waals surface area contributed by atoms with Gasteiger partial charge in [-0.25, -0.2) is 4.98 Å². The lowest BCUT2D eigenvalue weighted by molar-refractivity contribution is -0.140. The summed E-state index contributed by atoms with van der Waals surface area (Å²) < 4.78 is 39.5. The molecule has 0 aliphatic heterocycles. The minimum Gasteiger partial charge on any atom is -0.298 e. The first-order valence-electron chi connectivity index (χ1n) is 6.56. The number of carbonyl (C=O) groups excluding carboxylic acids is 1. The number of thiazole rings is 1. The van der Waals surface area contributed by atoms with E-state index in [1.807, 2.05) is 0 Å². The van der Waals surface area contributed by atoms with Gasteiger partial charge in [0, 0.05) is 11.6 Å². The number of rotatable bonds is 3. The van der Waals surface area contributed by atoms with Gasteiger partial charge in [-0.15, -0.1) is 11.3 Å². The lowest BCUT2D eigenvalue weighted by atomic mass is 10.2. The van der Waals surface area contributed by atoms with Gasteiger partial charge in [-0.05, 0) is 12.8 Å². The average Bonchev–Trinajstić information content (AvgIpc) is 3.16. The van der Waals surface area contributed by atoms with Crippen molar-refractivity contribution in [1.82, 2.24) is 14.8 Å². The van der Waals surface area contributed by atoms with Crippen LogP contribution in [0.15, 0.2) is 11.6 Å². The van der Waals surface area contributed by atoms with Gasteiger partial charge in [0.2, 0.25) is 0 Å². The molecule has 0 spiro atoms. The number of carbonyl (C=O) groups is 1. The molecular formula is C13H12F3N3OS. The second-order valence-electron chi connectivity index (χ2n) is 5.00. The highest BCUT2D eigenvalue weighted by Crippen LogP contribution is 2.35. The van der Waals surface area contributed by atoms with Crippen LogP contribution < -0.4 is 0 Å². The van der Waals surface area contributed by atoms with Crippen LogP contribution in [-0.2, 0) is 6.18 Å².